The lowest BCUT2D eigenvalue weighted by atomic mass is 9.72. The van der Waals surface area contributed by atoms with Crippen LogP contribution >= 0.6 is 0 Å². The van der Waals surface area contributed by atoms with Gasteiger partial charge in [-0.1, -0.05) is 18.2 Å². The number of phenolic OH excluding ortho intramolecular Hbond substituents is 3. The Morgan fingerprint density at radius 3 is 2.35 bits per heavy atom. The number of rotatable bonds is 13. The van der Waals surface area contributed by atoms with E-state index in [1.807, 2.05) is 43.4 Å². The molecule has 0 aromatic heterocycles. The van der Waals surface area contributed by atoms with E-state index < -0.39 is 24.2 Å². The maximum Gasteiger partial charge on any atom is 0.133 e. The molecule has 0 radical (unpaired) electrons. The van der Waals surface area contributed by atoms with Crippen molar-refractivity contribution in [3.8, 4) is 51.4 Å². The highest BCUT2D eigenvalue weighted by atomic mass is 16.5. The zero-order chi connectivity index (χ0) is 37.9. The number of ether oxygens (including phenoxy) is 6. The van der Waals surface area contributed by atoms with Gasteiger partial charge in [-0.05, 0) is 97.2 Å². The number of phenols is 3. The molecule has 2 aliphatic heterocycles. The van der Waals surface area contributed by atoms with E-state index >= 15 is 0 Å². The van der Waals surface area contributed by atoms with Crippen LogP contribution in [0.15, 0.2) is 78.9 Å². The molecule has 11 nitrogen and oxygen atoms in total. The average molecular weight is 738 g/mol. The highest BCUT2D eigenvalue weighted by molar-refractivity contribution is 5.96. The molecular weight excluding hydrogens is 690 g/mol. The second-order valence-electron chi connectivity index (χ2n) is 13.9. The van der Waals surface area contributed by atoms with Crippen LogP contribution in [-0.2, 0) is 15.9 Å². The summed E-state index contributed by atoms with van der Waals surface area (Å²) in [6.45, 7) is 0.950. The number of nitrogens with one attached hydrogen (secondary N) is 1. The van der Waals surface area contributed by atoms with Gasteiger partial charge in [-0.25, -0.2) is 0 Å². The third kappa shape index (κ3) is 7.20. The largest absolute Gasteiger partial charge is 0.508 e. The van der Waals surface area contributed by atoms with Crippen molar-refractivity contribution < 1.29 is 48.8 Å². The molecule has 2 heterocycles. The first kappa shape index (κ1) is 37.1. The summed E-state index contributed by atoms with van der Waals surface area (Å²) in [6.07, 6.45) is -0.231. The fourth-order valence-corrected chi connectivity index (χ4v) is 8.11. The van der Waals surface area contributed by atoms with Gasteiger partial charge in [-0.15, -0.1) is 0 Å². The molecule has 0 saturated carbocycles. The van der Waals surface area contributed by atoms with Crippen molar-refractivity contribution in [2.75, 3.05) is 48.3 Å². The Kier molecular flexibility index (Phi) is 11.0. The molecule has 0 aliphatic carbocycles. The van der Waals surface area contributed by atoms with E-state index in [9.17, 15) is 20.4 Å². The number of methoxy groups -OCH3 is 3. The zero-order valence-electron chi connectivity index (χ0n) is 30.9. The Balaban J connectivity index is 1.31. The summed E-state index contributed by atoms with van der Waals surface area (Å²) in [7, 11) is 6.66. The zero-order valence-corrected chi connectivity index (χ0v) is 30.9. The molecule has 0 fully saturated rings. The molecule has 5 N–H and O–H groups in total. The van der Waals surface area contributed by atoms with Gasteiger partial charge in [0.15, 0.2) is 0 Å². The maximum atomic E-state index is 12.5. The lowest BCUT2D eigenvalue weighted by molar-refractivity contribution is -0.115. The van der Waals surface area contributed by atoms with Gasteiger partial charge in [0.1, 0.15) is 46.4 Å². The molecule has 5 aromatic carbocycles. The van der Waals surface area contributed by atoms with E-state index in [-0.39, 0.29) is 36.5 Å². The summed E-state index contributed by atoms with van der Waals surface area (Å²) in [5, 5.41) is 48.2. The van der Waals surface area contributed by atoms with Crippen LogP contribution in [0.5, 0.6) is 40.2 Å². The first-order chi connectivity index (χ1) is 26.2. The van der Waals surface area contributed by atoms with Crippen LogP contribution in [0.4, 0.5) is 0 Å². The number of aromatic hydroxyl groups is 3. The number of aliphatic hydroxyl groups excluding tert-OH is 1. The molecule has 0 spiro atoms. The molecular formula is C43H47NO10. The second-order valence-corrected chi connectivity index (χ2v) is 13.9. The maximum absolute atomic E-state index is 12.5. The minimum absolute atomic E-state index is 0.109. The number of benzene rings is 5. The number of fused-ring (bicyclic) bond motifs is 4. The van der Waals surface area contributed by atoms with E-state index in [0.717, 1.165) is 33.2 Å². The number of hydrogen-bond donors (Lipinski definition) is 5. The van der Waals surface area contributed by atoms with E-state index in [0.29, 0.717) is 59.8 Å². The highest BCUT2D eigenvalue weighted by Crippen LogP contribution is 2.54. The minimum Gasteiger partial charge on any atom is -0.508 e. The van der Waals surface area contributed by atoms with Crippen molar-refractivity contribution >= 4 is 10.8 Å². The Labute approximate surface area is 314 Å². The number of hydrogen-bond acceptors (Lipinski definition) is 11. The smallest absolute Gasteiger partial charge is 0.133 e. The van der Waals surface area contributed by atoms with Gasteiger partial charge in [-0.2, -0.15) is 0 Å². The fraction of sp³-hybridized carbons (Fsp3) is 0.349. The molecule has 0 amide bonds. The van der Waals surface area contributed by atoms with Crippen LogP contribution in [-0.4, -0.2) is 74.9 Å². The van der Waals surface area contributed by atoms with Crippen LogP contribution in [0, 0.1) is 11.8 Å². The van der Waals surface area contributed by atoms with Crippen molar-refractivity contribution in [1.82, 2.24) is 5.32 Å². The quantitative estimate of drug-likeness (QED) is 0.0628. The van der Waals surface area contributed by atoms with Crippen LogP contribution in [0.3, 0.4) is 0 Å². The molecule has 0 saturated heterocycles. The molecule has 0 unspecified atom stereocenters. The first-order valence-electron chi connectivity index (χ1n) is 18.1. The Morgan fingerprint density at radius 1 is 0.796 bits per heavy atom. The molecule has 284 valence electrons. The van der Waals surface area contributed by atoms with Gasteiger partial charge in [0.2, 0.25) is 0 Å². The fourth-order valence-electron chi connectivity index (χ4n) is 8.11. The van der Waals surface area contributed by atoms with Gasteiger partial charge in [-0.3, -0.25) is 5.32 Å². The topological polar surface area (TPSA) is 148 Å². The third-order valence-corrected chi connectivity index (χ3v) is 10.6. The highest BCUT2D eigenvalue weighted by Gasteiger charge is 2.49. The average Bonchev–Trinajstić information content (AvgIpc) is 3.17. The van der Waals surface area contributed by atoms with Gasteiger partial charge in [0, 0.05) is 59.4 Å². The molecule has 7 rings (SSSR count). The van der Waals surface area contributed by atoms with Gasteiger partial charge in [0.25, 0.3) is 0 Å². The summed E-state index contributed by atoms with van der Waals surface area (Å²) in [4.78, 5) is 0. The Bertz CT molecular complexity index is 2120. The van der Waals surface area contributed by atoms with Crippen molar-refractivity contribution in [2.45, 2.75) is 37.6 Å². The standard InChI is InChI=1S/C43H47NO10/c1-44-23-53-43-35-21-38(51-4)33-19-29(47)11-13-32(33)42(35)54-37(9-6-14-49-2)39(43)36-22-52-41-26(18-30(50-3)20-34(41)40(36)48)15-25-17-28(46)10-12-31(25)24-7-5-8-27(45)16-24/h5,7-8,10-13,16-21,36-37,39-40,43-48H,6,9,14-15,22-23H2,1-4H3/t36-,37-,39-,40-,43+/m1/s1. The molecule has 5 aromatic rings. The summed E-state index contributed by atoms with van der Waals surface area (Å²) in [5.41, 5.74) is 4.59. The van der Waals surface area contributed by atoms with Crippen molar-refractivity contribution in [1.29, 1.82) is 0 Å². The van der Waals surface area contributed by atoms with Crippen LogP contribution < -0.4 is 24.3 Å². The number of aliphatic hydroxyl groups is 1. The lowest BCUT2D eigenvalue weighted by Crippen LogP contribution is -2.47. The van der Waals surface area contributed by atoms with Crippen LogP contribution in [0.25, 0.3) is 21.9 Å². The van der Waals surface area contributed by atoms with Crippen LogP contribution in [0.2, 0.25) is 0 Å². The summed E-state index contributed by atoms with van der Waals surface area (Å²) >= 11 is 0. The van der Waals surface area contributed by atoms with Gasteiger partial charge in [0.05, 0.1) is 39.8 Å². The molecule has 5 atom stereocenters. The summed E-state index contributed by atoms with van der Waals surface area (Å²) in [5.74, 6) is 1.84. The van der Waals surface area contributed by atoms with Gasteiger partial charge >= 0.3 is 0 Å². The molecule has 54 heavy (non-hydrogen) atoms. The summed E-state index contributed by atoms with van der Waals surface area (Å²) in [6, 6.07) is 22.9. The van der Waals surface area contributed by atoms with E-state index in [1.54, 1.807) is 63.8 Å². The lowest BCUT2D eigenvalue weighted by Gasteiger charge is -2.46. The molecule has 0 bridgehead atoms. The summed E-state index contributed by atoms with van der Waals surface area (Å²) < 4.78 is 37.3. The SMILES string of the molecule is CNCO[C@H]1c2cc(OC)c3cc(O)ccc3c2O[C@H](CCCOC)[C@H]1[C@H]1COc2c(Cc3cc(O)ccc3-c3cccc(O)c3)cc(OC)cc2[C@H]1O. The Hall–Kier alpha value is -5.20. The third-order valence-electron chi connectivity index (χ3n) is 10.6. The molecule has 11 heteroatoms. The Morgan fingerprint density at radius 2 is 1.59 bits per heavy atom. The van der Waals surface area contributed by atoms with Crippen molar-refractivity contribution in [2.24, 2.45) is 11.8 Å². The van der Waals surface area contributed by atoms with E-state index in [4.69, 9.17) is 28.4 Å². The van der Waals surface area contributed by atoms with E-state index in [2.05, 4.69) is 5.32 Å². The predicted molar refractivity (Wildman–Crippen MR) is 204 cm³/mol. The monoisotopic (exact) mass is 737 g/mol. The normalized spacial score (nSPS) is 20.4. The van der Waals surface area contributed by atoms with Crippen molar-refractivity contribution in [3.05, 3.63) is 101 Å². The predicted octanol–water partition coefficient (Wildman–Crippen LogP) is 7.01. The van der Waals surface area contributed by atoms with Crippen LogP contribution in [0.1, 0.15) is 47.3 Å². The second kappa shape index (κ2) is 16.0. The minimum atomic E-state index is -0.989. The van der Waals surface area contributed by atoms with Crippen molar-refractivity contribution in [3.63, 3.8) is 0 Å². The molecule has 2 aliphatic rings. The first-order valence-corrected chi connectivity index (χ1v) is 18.1. The van der Waals surface area contributed by atoms with E-state index in [1.165, 1.54) is 0 Å². The van der Waals surface area contributed by atoms with Gasteiger partial charge < -0.3 is 48.8 Å².